The highest BCUT2D eigenvalue weighted by molar-refractivity contribution is 8.02. The minimum absolute atomic E-state index is 0.0571. The van der Waals surface area contributed by atoms with Crippen LogP contribution in [0.25, 0.3) is 0 Å². The van der Waals surface area contributed by atoms with Crippen molar-refractivity contribution in [1.82, 2.24) is 4.90 Å². The Labute approximate surface area is 128 Å². The van der Waals surface area contributed by atoms with Gasteiger partial charge in [0.05, 0.1) is 5.25 Å². The fourth-order valence-corrected chi connectivity index (χ4v) is 5.43. The summed E-state index contributed by atoms with van der Waals surface area (Å²) in [6.07, 6.45) is 4.31. The van der Waals surface area contributed by atoms with E-state index in [-0.39, 0.29) is 23.1 Å². The molecule has 1 saturated carbocycles. The molecule has 1 aliphatic carbocycles. The van der Waals surface area contributed by atoms with Gasteiger partial charge in [-0.05, 0) is 25.8 Å². The summed E-state index contributed by atoms with van der Waals surface area (Å²) in [4.78, 5) is 26.6. The van der Waals surface area contributed by atoms with Crippen LogP contribution in [0, 0.1) is 0 Å². The van der Waals surface area contributed by atoms with Gasteiger partial charge in [-0.3, -0.25) is 9.59 Å². The Kier molecular flexibility index (Phi) is 2.83. The third-order valence-electron chi connectivity index (χ3n) is 4.81. The number of carbonyl (C=O) groups is 2. The molecule has 1 N–H and O–H groups in total. The third-order valence-corrected chi connectivity index (χ3v) is 6.31. The van der Waals surface area contributed by atoms with E-state index in [0.717, 1.165) is 36.9 Å². The molecule has 2 amide bonds. The molecular formula is C16H18N2O2S. The number of para-hydroxylation sites is 1. The van der Waals surface area contributed by atoms with E-state index in [1.165, 1.54) is 11.8 Å². The molecule has 2 unspecified atom stereocenters. The predicted molar refractivity (Wildman–Crippen MR) is 82.9 cm³/mol. The molecule has 4 rings (SSSR count). The first-order valence-electron chi connectivity index (χ1n) is 7.56. The van der Waals surface area contributed by atoms with Crippen molar-refractivity contribution in [2.75, 3.05) is 5.32 Å². The zero-order valence-corrected chi connectivity index (χ0v) is 12.8. The van der Waals surface area contributed by atoms with Crippen molar-refractivity contribution in [2.45, 2.75) is 48.8 Å². The molecule has 110 valence electrons. The maximum Gasteiger partial charge on any atom is 0.265 e. The van der Waals surface area contributed by atoms with Crippen LogP contribution in [-0.4, -0.2) is 28.0 Å². The van der Waals surface area contributed by atoms with Gasteiger partial charge in [0, 0.05) is 17.3 Å². The van der Waals surface area contributed by atoms with Crippen LogP contribution in [0.1, 0.15) is 38.2 Å². The average Bonchev–Trinajstić information content (AvgIpc) is 3.13. The lowest BCUT2D eigenvalue weighted by atomic mass is 10.0. The first-order chi connectivity index (χ1) is 10.1. The van der Waals surface area contributed by atoms with E-state index in [2.05, 4.69) is 5.32 Å². The number of fused-ring (bicyclic) bond motifs is 2. The van der Waals surface area contributed by atoms with Crippen LogP contribution >= 0.6 is 11.8 Å². The molecule has 1 aromatic carbocycles. The highest BCUT2D eigenvalue weighted by Crippen LogP contribution is 2.56. The van der Waals surface area contributed by atoms with Crippen molar-refractivity contribution in [1.29, 1.82) is 0 Å². The number of nitrogens with one attached hydrogen (secondary N) is 1. The minimum Gasteiger partial charge on any atom is -0.323 e. The number of rotatable bonds is 1. The topological polar surface area (TPSA) is 49.4 Å². The van der Waals surface area contributed by atoms with Crippen LogP contribution in [0.15, 0.2) is 24.3 Å². The number of carbonyl (C=O) groups excluding carboxylic acids is 2. The van der Waals surface area contributed by atoms with Crippen LogP contribution in [0.5, 0.6) is 0 Å². The Morgan fingerprint density at radius 1 is 1.24 bits per heavy atom. The van der Waals surface area contributed by atoms with E-state index >= 15 is 0 Å². The van der Waals surface area contributed by atoms with Crippen molar-refractivity contribution in [3.05, 3.63) is 29.8 Å². The molecule has 2 atom stereocenters. The number of amides is 2. The maximum absolute atomic E-state index is 12.8. The van der Waals surface area contributed by atoms with E-state index in [9.17, 15) is 9.59 Å². The van der Waals surface area contributed by atoms with Gasteiger partial charge in [-0.25, -0.2) is 0 Å². The number of benzene rings is 1. The predicted octanol–water partition coefficient (Wildman–Crippen LogP) is 2.70. The Hall–Kier alpha value is -1.49. The standard InChI is InChI=1S/C16H18N2O2S/c1-10-14(19)18(11-6-2-3-7-11)16(21-10)12-8-4-5-9-13(12)17-15(16)20/h4-5,8-11H,2-3,6-7H2,1H3,(H,17,20). The number of anilines is 1. The lowest BCUT2D eigenvalue weighted by Gasteiger charge is -2.36. The molecule has 0 aromatic heterocycles. The van der Waals surface area contributed by atoms with E-state index in [0.29, 0.717) is 0 Å². The van der Waals surface area contributed by atoms with Gasteiger partial charge in [0.15, 0.2) is 4.87 Å². The Balaban J connectivity index is 1.88. The van der Waals surface area contributed by atoms with Gasteiger partial charge in [-0.1, -0.05) is 31.0 Å². The van der Waals surface area contributed by atoms with Crippen molar-refractivity contribution in [3.8, 4) is 0 Å². The molecule has 2 heterocycles. The van der Waals surface area contributed by atoms with Gasteiger partial charge in [-0.15, -0.1) is 11.8 Å². The normalized spacial score (nSPS) is 32.0. The average molecular weight is 302 g/mol. The number of hydrogen-bond acceptors (Lipinski definition) is 3. The van der Waals surface area contributed by atoms with Crippen LogP contribution < -0.4 is 5.32 Å². The number of nitrogens with zero attached hydrogens (tertiary/aromatic N) is 1. The summed E-state index contributed by atoms with van der Waals surface area (Å²) >= 11 is 1.49. The fourth-order valence-electron chi connectivity index (χ4n) is 3.89. The summed E-state index contributed by atoms with van der Waals surface area (Å²) < 4.78 is 0. The highest BCUT2D eigenvalue weighted by atomic mass is 32.2. The van der Waals surface area contributed by atoms with Gasteiger partial charge in [0.2, 0.25) is 5.91 Å². The summed E-state index contributed by atoms with van der Waals surface area (Å²) in [5.74, 6) is 0.0528. The molecule has 2 fully saturated rings. The monoisotopic (exact) mass is 302 g/mol. The molecule has 3 aliphatic rings. The van der Waals surface area contributed by atoms with Crippen LogP contribution in [0.3, 0.4) is 0 Å². The third kappa shape index (κ3) is 1.64. The molecule has 5 heteroatoms. The van der Waals surface area contributed by atoms with E-state index < -0.39 is 4.87 Å². The molecule has 1 spiro atoms. The molecule has 21 heavy (non-hydrogen) atoms. The highest BCUT2D eigenvalue weighted by Gasteiger charge is 2.61. The minimum atomic E-state index is -0.845. The van der Waals surface area contributed by atoms with Gasteiger partial charge in [0.1, 0.15) is 0 Å². The smallest absolute Gasteiger partial charge is 0.265 e. The zero-order chi connectivity index (χ0) is 14.6. The van der Waals surface area contributed by atoms with Crippen LogP contribution in [0.2, 0.25) is 0 Å². The summed E-state index contributed by atoms with van der Waals surface area (Å²) in [6.45, 7) is 1.91. The number of thioether (sulfide) groups is 1. The van der Waals surface area contributed by atoms with Crippen molar-refractivity contribution in [2.24, 2.45) is 0 Å². The summed E-state index contributed by atoms with van der Waals surface area (Å²) in [6, 6.07) is 7.97. The largest absolute Gasteiger partial charge is 0.323 e. The van der Waals surface area contributed by atoms with Gasteiger partial charge in [-0.2, -0.15) is 0 Å². The Morgan fingerprint density at radius 3 is 2.71 bits per heavy atom. The lowest BCUT2D eigenvalue weighted by Crippen LogP contribution is -2.51. The zero-order valence-electron chi connectivity index (χ0n) is 12.0. The van der Waals surface area contributed by atoms with E-state index in [1.807, 2.05) is 36.1 Å². The molecular weight excluding hydrogens is 284 g/mol. The van der Waals surface area contributed by atoms with Crippen LogP contribution in [0.4, 0.5) is 5.69 Å². The molecule has 2 aliphatic heterocycles. The summed E-state index contributed by atoms with van der Waals surface area (Å²) in [5, 5.41) is 2.81. The molecule has 1 aromatic rings. The quantitative estimate of drug-likeness (QED) is 0.868. The second-order valence-corrected chi connectivity index (χ2v) is 7.58. The molecule has 0 radical (unpaired) electrons. The first-order valence-corrected chi connectivity index (χ1v) is 8.44. The van der Waals surface area contributed by atoms with Crippen molar-refractivity contribution in [3.63, 3.8) is 0 Å². The molecule has 0 bridgehead atoms. The summed E-state index contributed by atoms with van der Waals surface area (Å²) in [5.41, 5.74) is 1.80. The second kappa shape index (κ2) is 4.50. The van der Waals surface area contributed by atoms with Crippen LogP contribution in [-0.2, 0) is 14.5 Å². The first kappa shape index (κ1) is 13.2. The van der Waals surface area contributed by atoms with Gasteiger partial charge >= 0.3 is 0 Å². The van der Waals surface area contributed by atoms with Gasteiger partial charge in [0.25, 0.3) is 5.91 Å². The second-order valence-electron chi connectivity index (χ2n) is 6.05. The molecule has 1 saturated heterocycles. The van der Waals surface area contributed by atoms with E-state index in [4.69, 9.17) is 0 Å². The van der Waals surface area contributed by atoms with E-state index in [1.54, 1.807) is 0 Å². The molecule has 4 nitrogen and oxygen atoms in total. The van der Waals surface area contributed by atoms with Crippen molar-refractivity contribution < 1.29 is 9.59 Å². The maximum atomic E-state index is 12.8. The Morgan fingerprint density at radius 2 is 1.95 bits per heavy atom. The fraction of sp³-hybridized carbons (Fsp3) is 0.500. The lowest BCUT2D eigenvalue weighted by molar-refractivity contribution is -0.140. The van der Waals surface area contributed by atoms with Crippen molar-refractivity contribution >= 4 is 29.3 Å². The SMILES string of the molecule is CC1SC2(C(=O)Nc3ccccc32)N(C2CCCC2)C1=O. The van der Waals surface area contributed by atoms with Gasteiger partial charge < -0.3 is 10.2 Å². The summed E-state index contributed by atoms with van der Waals surface area (Å²) in [7, 11) is 0. The number of hydrogen-bond donors (Lipinski definition) is 1. The Bertz CT molecular complexity index is 626.